The molecule has 23 heavy (non-hydrogen) atoms. The summed E-state index contributed by atoms with van der Waals surface area (Å²) >= 11 is 5.97. The van der Waals surface area contributed by atoms with Crippen LogP contribution in [-0.4, -0.2) is 25.0 Å². The average Bonchev–Trinajstić information content (AvgIpc) is 2.55. The molecule has 6 heteroatoms. The molecule has 120 valence electrons. The molecule has 2 aromatic carbocycles. The first kappa shape index (κ1) is 16.8. The molecule has 0 aromatic heterocycles. The van der Waals surface area contributed by atoms with E-state index in [0.717, 1.165) is 0 Å². The number of hydrogen-bond acceptors (Lipinski definition) is 3. The maximum atomic E-state index is 12.2. The van der Waals surface area contributed by atoms with Crippen LogP contribution in [0.15, 0.2) is 48.5 Å². The number of para-hydroxylation sites is 2. The van der Waals surface area contributed by atoms with E-state index in [4.69, 9.17) is 16.3 Å². The Morgan fingerprint density at radius 1 is 1.09 bits per heavy atom. The molecule has 0 spiro atoms. The second kappa shape index (κ2) is 7.65. The number of amides is 2. The standard InChI is InChI=1S/C17H17ClN2O3/c1-11(19-17(22)12-7-3-4-8-13(12)18)16(21)20-14-9-5-6-10-15(14)23-2/h3-11H,1-2H3,(H,19,22)(H,20,21). The fourth-order valence-corrected chi connectivity index (χ4v) is 2.20. The third kappa shape index (κ3) is 4.23. The van der Waals surface area contributed by atoms with Gasteiger partial charge in [-0.2, -0.15) is 0 Å². The monoisotopic (exact) mass is 332 g/mol. The number of halogens is 1. The lowest BCUT2D eigenvalue weighted by molar-refractivity contribution is -0.117. The Morgan fingerprint density at radius 3 is 2.43 bits per heavy atom. The van der Waals surface area contributed by atoms with E-state index < -0.39 is 11.9 Å². The van der Waals surface area contributed by atoms with E-state index in [2.05, 4.69) is 10.6 Å². The van der Waals surface area contributed by atoms with Gasteiger partial charge in [-0.05, 0) is 31.2 Å². The molecule has 0 saturated carbocycles. The third-order valence-corrected chi connectivity index (χ3v) is 3.55. The molecule has 0 radical (unpaired) electrons. The van der Waals surface area contributed by atoms with Crippen LogP contribution in [0.25, 0.3) is 0 Å². The van der Waals surface area contributed by atoms with Crippen LogP contribution in [0.1, 0.15) is 17.3 Å². The van der Waals surface area contributed by atoms with Crippen molar-refractivity contribution >= 4 is 29.1 Å². The van der Waals surface area contributed by atoms with Crippen LogP contribution >= 0.6 is 11.6 Å². The van der Waals surface area contributed by atoms with Crippen molar-refractivity contribution in [3.8, 4) is 5.75 Å². The van der Waals surface area contributed by atoms with Crippen LogP contribution in [0.4, 0.5) is 5.69 Å². The van der Waals surface area contributed by atoms with E-state index in [9.17, 15) is 9.59 Å². The average molecular weight is 333 g/mol. The predicted molar refractivity (Wildman–Crippen MR) is 90.0 cm³/mol. The number of carbonyl (C=O) groups is 2. The molecule has 1 unspecified atom stereocenters. The second-order valence-electron chi connectivity index (χ2n) is 4.86. The lowest BCUT2D eigenvalue weighted by Crippen LogP contribution is -2.41. The number of hydrogen-bond donors (Lipinski definition) is 2. The first-order chi connectivity index (χ1) is 11.0. The second-order valence-corrected chi connectivity index (χ2v) is 5.27. The summed E-state index contributed by atoms with van der Waals surface area (Å²) in [5.74, 6) is -0.210. The smallest absolute Gasteiger partial charge is 0.253 e. The van der Waals surface area contributed by atoms with Crippen molar-refractivity contribution in [1.82, 2.24) is 5.32 Å². The fraction of sp³-hybridized carbons (Fsp3) is 0.176. The Labute approximate surface area is 139 Å². The molecule has 1 atom stereocenters. The summed E-state index contributed by atoms with van der Waals surface area (Å²) in [6.07, 6.45) is 0. The number of methoxy groups -OCH3 is 1. The van der Waals surface area contributed by atoms with Crippen LogP contribution in [-0.2, 0) is 4.79 Å². The Kier molecular flexibility index (Phi) is 5.60. The summed E-state index contributed by atoms with van der Waals surface area (Å²) in [5, 5.41) is 5.67. The van der Waals surface area contributed by atoms with Gasteiger partial charge in [0.25, 0.3) is 5.91 Å². The molecule has 0 fully saturated rings. The first-order valence-electron chi connectivity index (χ1n) is 7.02. The molecular weight excluding hydrogens is 316 g/mol. The van der Waals surface area contributed by atoms with Crippen LogP contribution in [0.2, 0.25) is 5.02 Å². The van der Waals surface area contributed by atoms with Crippen molar-refractivity contribution in [2.75, 3.05) is 12.4 Å². The fourth-order valence-electron chi connectivity index (χ4n) is 1.97. The lowest BCUT2D eigenvalue weighted by Gasteiger charge is -2.16. The topological polar surface area (TPSA) is 67.4 Å². The molecule has 0 saturated heterocycles. The lowest BCUT2D eigenvalue weighted by atomic mass is 10.2. The van der Waals surface area contributed by atoms with Crippen molar-refractivity contribution in [3.63, 3.8) is 0 Å². The summed E-state index contributed by atoms with van der Waals surface area (Å²) in [5.41, 5.74) is 0.866. The first-order valence-corrected chi connectivity index (χ1v) is 7.40. The minimum absolute atomic E-state index is 0.325. The van der Waals surface area contributed by atoms with Gasteiger partial charge in [-0.3, -0.25) is 9.59 Å². The predicted octanol–water partition coefficient (Wildman–Crippen LogP) is 3.11. The highest BCUT2D eigenvalue weighted by atomic mass is 35.5. The van der Waals surface area contributed by atoms with Crippen molar-refractivity contribution in [2.45, 2.75) is 13.0 Å². The van der Waals surface area contributed by atoms with E-state index in [1.54, 1.807) is 55.5 Å². The zero-order chi connectivity index (χ0) is 16.8. The van der Waals surface area contributed by atoms with Crippen LogP contribution in [0, 0.1) is 0 Å². The van der Waals surface area contributed by atoms with E-state index in [1.807, 2.05) is 0 Å². The molecule has 2 amide bonds. The molecule has 2 aromatic rings. The Balaban J connectivity index is 2.03. The van der Waals surface area contributed by atoms with Gasteiger partial charge in [0.15, 0.2) is 0 Å². The number of ether oxygens (including phenoxy) is 1. The highest BCUT2D eigenvalue weighted by Crippen LogP contribution is 2.23. The molecular formula is C17H17ClN2O3. The van der Waals surface area contributed by atoms with Gasteiger partial charge in [-0.25, -0.2) is 0 Å². The number of carbonyl (C=O) groups excluding carboxylic acids is 2. The summed E-state index contributed by atoms with van der Waals surface area (Å²) in [6.45, 7) is 1.60. The van der Waals surface area contributed by atoms with E-state index in [0.29, 0.717) is 22.0 Å². The molecule has 0 aliphatic heterocycles. The van der Waals surface area contributed by atoms with E-state index in [-0.39, 0.29) is 5.91 Å². The zero-order valence-electron chi connectivity index (χ0n) is 12.8. The molecule has 0 aliphatic carbocycles. The van der Waals surface area contributed by atoms with Gasteiger partial charge < -0.3 is 15.4 Å². The maximum Gasteiger partial charge on any atom is 0.253 e. The van der Waals surface area contributed by atoms with Crippen LogP contribution in [0.5, 0.6) is 5.75 Å². The third-order valence-electron chi connectivity index (χ3n) is 3.22. The van der Waals surface area contributed by atoms with Gasteiger partial charge in [0.1, 0.15) is 11.8 Å². The molecule has 2 N–H and O–H groups in total. The number of benzene rings is 2. The highest BCUT2D eigenvalue weighted by Gasteiger charge is 2.19. The van der Waals surface area contributed by atoms with E-state index in [1.165, 1.54) is 7.11 Å². The summed E-state index contributed by atoms with van der Waals surface area (Å²) in [7, 11) is 1.52. The Hall–Kier alpha value is -2.53. The number of anilines is 1. The molecule has 0 heterocycles. The molecule has 5 nitrogen and oxygen atoms in total. The molecule has 0 aliphatic rings. The van der Waals surface area contributed by atoms with Crippen molar-refractivity contribution in [3.05, 3.63) is 59.1 Å². The largest absolute Gasteiger partial charge is 0.495 e. The van der Waals surface area contributed by atoms with Crippen molar-refractivity contribution in [2.24, 2.45) is 0 Å². The highest BCUT2D eigenvalue weighted by molar-refractivity contribution is 6.33. The Morgan fingerprint density at radius 2 is 1.74 bits per heavy atom. The SMILES string of the molecule is COc1ccccc1NC(=O)C(C)NC(=O)c1ccccc1Cl. The summed E-state index contributed by atoms with van der Waals surface area (Å²) in [4.78, 5) is 24.4. The van der Waals surface area contributed by atoms with Gasteiger partial charge in [-0.1, -0.05) is 35.9 Å². The summed E-state index contributed by atoms with van der Waals surface area (Å²) in [6, 6.07) is 13.0. The van der Waals surface area contributed by atoms with Crippen LogP contribution < -0.4 is 15.4 Å². The van der Waals surface area contributed by atoms with Crippen LogP contribution in [0.3, 0.4) is 0 Å². The minimum Gasteiger partial charge on any atom is -0.495 e. The normalized spacial score (nSPS) is 11.4. The van der Waals surface area contributed by atoms with Gasteiger partial charge in [0, 0.05) is 0 Å². The maximum absolute atomic E-state index is 12.2. The summed E-state index contributed by atoms with van der Waals surface area (Å²) < 4.78 is 5.17. The quantitative estimate of drug-likeness (QED) is 0.884. The minimum atomic E-state index is -0.733. The van der Waals surface area contributed by atoms with Crippen molar-refractivity contribution < 1.29 is 14.3 Å². The molecule has 0 bridgehead atoms. The Bertz CT molecular complexity index is 718. The van der Waals surface area contributed by atoms with Gasteiger partial charge in [0.05, 0.1) is 23.4 Å². The number of rotatable bonds is 5. The van der Waals surface area contributed by atoms with E-state index >= 15 is 0 Å². The number of nitrogens with one attached hydrogen (secondary N) is 2. The molecule has 2 rings (SSSR count). The van der Waals surface area contributed by atoms with Gasteiger partial charge in [-0.15, -0.1) is 0 Å². The van der Waals surface area contributed by atoms with Gasteiger partial charge in [0.2, 0.25) is 5.91 Å². The zero-order valence-corrected chi connectivity index (χ0v) is 13.6. The van der Waals surface area contributed by atoms with Gasteiger partial charge >= 0.3 is 0 Å². The van der Waals surface area contributed by atoms with Crippen molar-refractivity contribution in [1.29, 1.82) is 0 Å².